The molecule has 3 aromatic rings. The molecule has 0 atom stereocenters. The van der Waals surface area contributed by atoms with Gasteiger partial charge in [0.15, 0.2) is 0 Å². The lowest BCUT2D eigenvalue weighted by molar-refractivity contribution is 0.251. The zero-order chi connectivity index (χ0) is 25.4. The van der Waals surface area contributed by atoms with E-state index in [-0.39, 0.29) is 12.6 Å². The molecule has 1 N–H and O–H groups in total. The number of rotatable bonds is 6. The highest BCUT2D eigenvalue weighted by Gasteiger charge is 2.33. The highest BCUT2D eigenvalue weighted by molar-refractivity contribution is 7.15. The van der Waals surface area contributed by atoms with Gasteiger partial charge in [-0.1, -0.05) is 17.7 Å². The van der Waals surface area contributed by atoms with Crippen LogP contribution in [-0.4, -0.2) is 55.2 Å². The number of piperidine rings is 1. The van der Waals surface area contributed by atoms with Crippen LogP contribution in [-0.2, 0) is 13.2 Å². The first kappa shape index (κ1) is 24.7. The maximum Gasteiger partial charge on any atom is 0.330 e. The molecule has 36 heavy (non-hydrogen) atoms. The molecule has 2 amide bonds. The van der Waals surface area contributed by atoms with Crippen LogP contribution in [0.5, 0.6) is 5.75 Å². The Morgan fingerprint density at radius 2 is 2.06 bits per heavy atom. The third-order valence-corrected chi connectivity index (χ3v) is 8.13. The number of carbonyl (C=O) groups excluding carboxylic acids is 1. The van der Waals surface area contributed by atoms with Crippen molar-refractivity contribution in [2.45, 2.75) is 32.0 Å². The molecule has 0 aliphatic carbocycles. The zero-order valence-corrected chi connectivity index (χ0v) is 22.0. The van der Waals surface area contributed by atoms with Gasteiger partial charge in [0.2, 0.25) is 5.95 Å². The Hall–Kier alpha value is -2.95. The van der Waals surface area contributed by atoms with Crippen LogP contribution >= 0.6 is 22.9 Å². The first-order valence-electron chi connectivity index (χ1n) is 11.8. The lowest BCUT2D eigenvalue weighted by Crippen LogP contribution is -2.46. The molecule has 11 heteroatoms. The summed E-state index contributed by atoms with van der Waals surface area (Å²) in [6.07, 6.45) is 3.93. The number of fused-ring (bicyclic) bond motifs is 1. The normalized spacial score (nSPS) is 16.9. The standard InChI is InChI=1S/C25H28ClFN6O2S/c1-31-8-6-15(7-9-31)16-4-5-19(20(10-16)35-3)29-24-28-12-18-13-33(25(34)32(2)23(18)30-24)21-17(11-27)14-36-22(21)26/h4-5,10,12,14-15H,6-9,11,13H2,1-3H3,(H,28,29,30). The quantitative estimate of drug-likeness (QED) is 0.434. The van der Waals surface area contributed by atoms with Crippen molar-refractivity contribution in [3.8, 4) is 5.75 Å². The number of nitrogens with zero attached hydrogens (tertiary/aromatic N) is 5. The predicted molar refractivity (Wildman–Crippen MR) is 142 cm³/mol. The van der Waals surface area contributed by atoms with Crippen molar-refractivity contribution in [3.63, 3.8) is 0 Å². The van der Waals surface area contributed by atoms with Crippen molar-refractivity contribution in [2.24, 2.45) is 0 Å². The fourth-order valence-electron chi connectivity index (χ4n) is 4.81. The van der Waals surface area contributed by atoms with Gasteiger partial charge in [-0.05, 0) is 56.6 Å². The summed E-state index contributed by atoms with van der Waals surface area (Å²) in [7, 11) is 5.44. The zero-order valence-electron chi connectivity index (χ0n) is 20.4. The van der Waals surface area contributed by atoms with Crippen LogP contribution in [0.1, 0.15) is 35.4 Å². The van der Waals surface area contributed by atoms with Crippen molar-refractivity contribution in [1.82, 2.24) is 14.9 Å². The summed E-state index contributed by atoms with van der Waals surface area (Å²) in [5.41, 5.74) is 3.55. The molecule has 2 aliphatic heterocycles. The summed E-state index contributed by atoms with van der Waals surface area (Å²) in [5.74, 6) is 2.07. The van der Waals surface area contributed by atoms with Gasteiger partial charge < -0.3 is 15.0 Å². The molecule has 5 rings (SSSR count). The second-order valence-electron chi connectivity index (χ2n) is 9.15. The molecule has 0 bridgehead atoms. The van der Waals surface area contributed by atoms with Gasteiger partial charge >= 0.3 is 6.03 Å². The van der Waals surface area contributed by atoms with Gasteiger partial charge in [-0.2, -0.15) is 4.98 Å². The molecule has 0 saturated carbocycles. The number of benzene rings is 1. The molecule has 8 nitrogen and oxygen atoms in total. The number of aromatic nitrogens is 2. The number of alkyl halides is 1. The molecule has 0 spiro atoms. The molecule has 1 fully saturated rings. The van der Waals surface area contributed by atoms with Gasteiger partial charge in [-0.15, -0.1) is 11.3 Å². The van der Waals surface area contributed by atoms with E-state index in [9.17, 15) is 9.18 Å². The van der Waals surface area contributed by atoms with Gasteiger partial charge in [-0.3, -0.25) is 9.80 Å². The number of methoxy groups -OCH3 is 1. The van der Waals surface area contributed by atoms with E-state index in [0.29, 0.717) is 39.0 Å². The van der Waals surface area contributed by atoms with E-state index in [1.807, 2.05) is 6.07 Å². The van der Waals surface area contributed by atoms with Gasteiger partial charge in [0, 0.05) is 29.8 Å². The number of urea groups is 1. The number of anilines is 4. The summed E-state index contributed by atoms with van der Waals surface area (Å²) < 4.78 is 19.5. The summed E-state index contributed by atoms with van der Waals surface area (Å²) in [5, 5.41) is 4.87. The topological polar surface area (TPSA) is 73.8 Å². The predicted octanol–water partition coefficient (Wildman–Crippen LogP) is 5.80. The first-order chi connectivity index (χ1) is 17.4. The number of hydrogen-bond acceptors (Lipinski definition) is 7. The van der Waals surface area contributed by atoms with Crippen molar-refractivity contribution in [1.29, 1.82) is 0 Å². The van der Waals surface area contributed by atoms with Crippen LogP contribution in [0.2, 0.25) is 4.34 Å². The highest BCUT2D eigenvalue weighted by Crippen LogP contribution is 2.41. The molecule has 1 aromatic carbocycles. The average Bonchev–Trinajstić information content (AvgIpc) is 3.27. The second kappa shape index (κ2) is 10.2. The lowest BCUT2D eigenvalue weighted by atomic mass is 9.89. The maximum atomic E-state index is 13.5. The smallest absolute Gasteiger partial charge is 0.330 e. The minimum atomic E-state index is -0.698. The van der Waals surface area contributed by atoms with Gasteiger partial charge in [0.05, 0.1) is 25.0 Å². The largest absolute Gasteiger partial charge is 0.495 e. The lowest BCUT2D eigenvalue weighted by Gasteiger charge is -2.34. The molecular weight excluding hydrogens is 503 g/mol. The van der Waals surface area contributed by atoms with E-state index in [4.69, 9.17) is 16.3 Å². The molecule has 4 heterocycles. The van der Waals surface area contributed by atoms with Gasteiger partial charge in [0.25, 0.3) is 0 Å². The second-order valence-corrected chi connectivity index (χ2v) is 10.6. The number of likely N-dealkylation sites (tertiary alicyclic amines) is 1. The average molecular weight is 531 g/mol. The fourth-order valence-corrected chi connectivity index (χ4v) is 5.94. The first-order valence-corrected chi connectivity index (χ1v) is 13.0. The van der Waals surface area contributed by atoms with Crippen molar-refractivity contribution in [3.05, 3.63) is 50.8 Å². The Bertz CT molecular complexity index is 1280. The Balaban J connectivity index is 1.38. The molecule has 2 aliphatic rings. The van der Waals surface area contributed by atoms with Crippen LogP contribution < -0.4 is 19.9 Å². The number of amides is 2. The number of hydrogen-bond donors (Lipinski definition) is 1. The van der Waals surface area contributed by atoms with Crippen molar-refractivity contribution < 1.29 is 13.9 Å². The summed E-state index contributed by atoms with van der Waals surface area (Å²) in [4.78, 5) is 27.5. The molecule has 190 valence electrons. The number of nitrogens with one attached hydrogen (secondary N) is 1. The van der Waals surface area contributed by atoms with E-state index >= 15 is 0 Å². The van der Waals surface area contributed by atoms with Crippen LogP contribution in [0.25, 0.3) is 0 Å². The monoisotopic (exact) mass is 530 g/mol. The van der Waals surface area contributed by atoms with Crippen LogP contribution in [0.4, 0.5) is 32.3 Å². The van der Waals surface area contributed by atoms with Crippen molar-refractivity contribution >= 4 is 52.1 Å². The minimum absolute atomic E-state index is 0.205. The maximum absolute atomic E-state index is 13.5. The van der Waals surface area contributed by atoms with E-state index in [1.54, 1.807) is 25.7 Å². The third kappa shape index (κ3) is 4.60. The SMILES string of the molecule is COc1cc(C2CCN(C)CC2)ccc1Nc1ncc2c(n1)N(C)C(=O)N(c1c(CF)csc1Cl)C2. The van der Waals surface area contributed by atoms with Gasteiger partial charge in [-0.25, -0.2) is 14.2 Å². The molecular formula is C25H28ClFN6O2S. The van der Waals surface area contributed by atoms with E-state index < -0.39 is 6.67 Å². The Labute approximate surface area is 218 Å². The summed E-state index contributed by atoms with van der Waals surface area (Å²) >= 11 is 7.50. The summed E-state index contributed by atoms with van der Waals surface area (Å²) in [6, 6.07) is 5.86. The molecule has 0 radical (unpaired) electrons. The third-order valence-electron chi connectivity index (χ3n) is 6.88. The number of carbonyl (C=O) groups is 1. The van der Waals surface area contributed by atoms with Crippen LogP contribution in [0, 0.1) is 0 Å². The van der Waals surface area contributed by atoms with E-state index in [0.717, 1.165) is 37.2 Å². The number of ether oxygens (including phenoxy) is 1. The number of halogens is 2. The minimum Gasteiger partial charge on any atom is -0.495 e. The number of thiophene rings is 1. The van der Waals surface area contributed by atoms with Crippen molar-refractivity contribution in [2.75, 3.05) is 49.4 Å². The highest BCUT2D eigenvalue weighted by atomic mass is 35.5. The Kier molecular flexibility index (Phi) is 7.00. The Morgan fingerprint density at radius 1 is 1.28 bits per heavy atom. The molecule has 0 unspecified atom stereocenters. The van der Waals surface area contributed by atoms with Crippen LogP contribution in [0.3, 0.4) is 0 Å². The van der Waals surface area contributed by atoms with Crippen LogP contribution in [0.15, 0.2) is 29.8 Å². The molecule has 2 aromatic heterocycles. The fraction of sp³-hybridized carbons (Fsp3) is 0.400. The Morgan fingerprint density at radius 3 is 2.78 bits per heavy atom. The molecule has 1 saturated heterocycles. The van der Waals surface area contributed by atoms with E-state index in [1.165, 1.54) is 26.7 Å². The van der Waals surface area contributed by atoms with E-state index in [2.05, 4.69) is 39.4 Å². The van der Waals surface area contributed by atoms with Gasteiger partial charge in [0.1, 0.15) is 22.6 Å². The summed E-state index contributed by atoms with van der Waals surface area (Å²) in [6.45, 7) is 1.69.